The normalized spacial score (nSPS) is 15.2. The summed E-state index contributed by atoms with van der Waals surface area (Å²) in [5.74, 6) is -0.590. The number of ether oxygens (including phenoxy) is 3. The van der Waals surface area contributed by atoms with Gasteiger partial charge in [-0.1, -0.05) is 163 Å². The molecule has 8 nitrogen and oxygen atoms in total. The number of hydrogen-bond donors (Lipinski definition) is 0. The van der Waals surface area contributed by atoms with Gasteiger partial charge in [0.15, 0.2) is 0 Å². The van der Waals surface area contributed by atoms with Crippen LogP contribution in [0.3, 0.4) is 0 Å². The summed E-state index contributed by atoms with van der Waals surface area (Å²) >= 11 is 0. The lowest BCUT2D eigenvalue weighted by molar-refractivity contribution is -0.153. The quantitative estimate of drug-likeness (QED) is 0.0473. The number of carbonyl (C=O) groups is 3. The van der Waals surface area contributed by atoms with Gasteiger partial charge in [0.2, 0.25) is 5.91 Å². The summed E-state index contributed by atoms with van der Waals surface area (Å²) in [6, 6.07) is 0. The number of morpholine rings is 1. The highest BCUT2D eigenvalue weighted by atomic mass is 16.5. The Morgan fingerprint density at radius 2 is 0.904 bits per heavy atom. The molecule has 52 heavy (non-hydrogen) atoms. The second-order valence-corrected chi connectivity index (χ2v) is 15.7. The largest absolute Gasteiger partial charge is 0.464 e. The molecule has 1 aliphatic heterocycles. The SMILES string of the molecule is CCCCCCCCC(CCCCCC)C(=O)OCCN(CCOC(=O)C(CCCCCC)CCCCCCCC)C(=O)C(C)CN1CCOCC1. The molecular weight excluding hydrogens is 652 g/mol. The van der Waals surface area contributed by atoms with Crippen LogP contribution in [-0.2, 0) is 28.6 Å². The predicted octanol–water partition coefficient (Wildman–Crippen LogP) is 10.5. The average Bonchev–Trinajstić information content (AvgIpc) is 3.15. The van der Waals surface area contributed by atoms with E-state index in [1.54, 1.807) is 4.90 Å². The van der Waals surface area contributed by atoms with Crippen molar-refractivity contribution >= 4 is 17.8 Å². The predicted molar refractivity (Wildman–Crippen MR) is 215 cm³/mol. The summed E-state index contributed by atoms with van der Waals surface area (Å²) in [6.07, 6.45) is 27.1. The second kappa shape index (κ2) is 33.9. The van der Waals surface area contributed by atoms with Crippen molar-refractivity contribution in [3.63, 3.8) is 0 Å². The summed E-state index contributed by atoms with van der Waals surface area (Å²) in [5, 5.41) is 0. The van der Waals surface area contributed by atoms with Crippen molar-refractivity contribution in [2.75, 3.05) is 59.2 Å². The second-order valence-electron chi connectivity index (χ2n) is 15.7. The van der Waals surface area contributed by atoms with E-state index in [2.05, 4.69) is 32.6 Å². The molecule has 1 rings (SSSR count). The van der Waals surface area contributed by atoms with E-state index >= 15 is 0 Å². The first-order valence-corrected chi connectivity index (χ1v) is 22.3. The number of nitrogens with zero attached hydrogens (tertiary/aromatic N) is 2. The van der Waals surface area contributed by atoms with Crippen LogP contribution in [0, 0.1) is 17.8 Å². The zero-order valence-electron chi connectivity index (χ0n) is 34.9. The average molecular weight is 737 g/mol. The highest BCUT2D eigenvalue weighted by Gasteiger charge is 2.26. The fourth-order valence-electron chi connectivity index (χ4n) is 7.38. The van der Waals surface area contributed by atoms with E-state index in [0.29, 0.717) is 32.8 Å². The van der Waals surface area contributed by atoms with Gasteiger partial charge in [0, 0.05) is 25.6 Å². The maximum absolute atomic E-state index is 13.8. The lowest BCUT2D eigenvalue weighted by atomic mass is 9.94. The molecule has 0 aliphatic carbocycles. The maximum atomic E-state index is 13.8. The summed E-state index contributed by atoms with van der Waals surface area (Å²) in [7, 11) is 0. The Balaban J connectivity index is 2.83. The molecule has 1 aliphatic rings. The first-order chi connectivity index (χ1) is 25.4. The lowest BCUT2D eigenvalue weighted by Crippen LogP contribution is -2.46. The molecule has 0 bridgehead atoms. The molecule has 1 fully saturated rings. The molecule has 0 N–H and O–H groups in total. The number of hydrogen-bond acceptors (Lipinski definition) is 7. The van der Waals surface area contributed by atoms with E-state index in [9.17, 15) is 14.4 Å². The van der Waals surface area contributed by atoms with Gasteiger partial charge < -0.3 is 19.1 Å². The standard InChI is InChI=1S/C44H84N2O6/c1-6-10-14-18-20-24-28-40(26-22-16-12-8-3)43(48)51-36-32-46(42(47)39(5)38-45-30-34-50-35-31-45)33-37-52-44(49)41(27-23-17-13-9-4)29-25-21-19-15-11-7-2/h39-41H,6-38H2,1-5H3. The first-order valence-electron chi connectivity index (χ1n) is 22.3. The summed E-state index contributed by atoms with van der Waals surface area (Å²) < 4.78 is 17.3. The van der Waals surface area contributed by atoms with Gasteiger partial charge in [0.1, 0.15) is 13.2 Å². The van der Waals surface area contributed by atoms with Crippen molar-refractivity contribution in [1.29, 1.82) is 0 Å². The van der Waals surface area contributed by atoms with Gasteiger partial charge in [-0.3, -0.25) is 19.3 Å². The fourth-order valence-corrected chi connectivity index (χ4v) is 7.38. The van der Waals surface area contributed by atoms with Crippen molar-refractivity contribution in [3.8, 4) is 0 Å². The molecule has 0 aromatic heterocycles. The van der Waals surface area contributed by atoms with E-state index < -0.39 is 0 Å². The molecule has 0 radical (unpaired) electrons. The van der Waals surface area contributed by atoms with E-state index in [0.717, 1.165) is 77.3 Å². The van der Waals surface area contributed by atoms with Crippen LogP contribution in [0.15, 0.2) is 0 Å². The van der Waals surface area contributed by atoms with Crippen LogP contribution in [0.25, 0.3) is 0 Å². The third kappa shape index (κ3) is 24.6. The number of amides is 1. The van der Waals surface area contributed by atoms with Gasteiger partial charge in [-0.2, -0.15) is 0 Å². The summed E-state index contributed by atoms with van der Waals surface area (Å²) in [5.41, 5.74) is 0. The van der Waals surface area contributed by atoms with Gasteiger partial charge >= 0.3 is 11.9 Å². The molecule has 0 saturated carbocycles. The van der Waals surface area contributed by atoms with Gasteiger partial charge in [-0.15, -0.1) is 0 Å². The topological polar surface area (TPSA) is 85.4 Å². The molecule has 306 valence electrons. The highest BCUT2D eigenvalue weighted by Crippen LogP contribution is 2.22. The molecule has 3 atom stereocenters. The number of carbonyl (C=O) groups excluding carboxylic acids is 3. The number of unbranched alkanes of at least 4 members (excludes halogenated alkanes) is 16. The molecule has 1 saturated heterocycles. The Bertz CT molecular complexity index is 814. The van der Waals surface area contributed by atoms with E-state index in [-0.39, 0.29) is 48.8 Å². The number of esters is 2. The van der Waals surface area contributed by atoms with Crippen molar-refractivity contribution < 1.29 is 28.6 Å². The van der Waals surface area contributed by atoms with Gasteiger partial charge in [0.25, 0.3) is 0 Å². The van der Waals surface area contributed by atoms with Crippen molar-refractivity contribution in [2.24, 2.45) is 17.8 Å². The smallest absolute Gasteiger partial charge is 0.308 e. The minimum Gasteiger partial charge on any atom is -0.464 e. The fraction of sp³-hybridized carbons (Fsp3) is 0.932. The minimum atomic E-state index is -0.220. The van der Waals surface area contributed by atoms with Crippen LogP contribution in [-0.4, -0.2) is 86.8 Å². The summed E-state index contributed by atoms with van der Waals surface area (Å²) in [4.78, 5) is 44.6. The Hall–Kier alpha value is -1.67. The maximum Gasteiger partial charge on any atom is 0.308 e. The molecule has 1 amide bonds. The summed E-state index contributed by atoms with van der Waals surface area (Å²) in [6.45, 7) is 15.5. The van der Waals surface area contributed by atoms with Gasteiger partial charge in [-0.25, -0.2) is 0 Å². The van der Waals surface area contributed by atoms with E-state index in [1.807, 2.05) is 6.92 Å². The van der Waals surface area contributed by atoms with E-state index in [4.69, 9.17) is 14.2 Å². The Morgan fingerprint density at radius 3 is 1.29 bits per heavy atom. The molecule has 0 spiro atoms. The van der Waals surface area contributed by atoms with Crippen molar-refractivity contribution in [3.05, 3.63) is 0 Å². The minimum absolute atomic E-state index is 0.0185. The zero-order chi connectivity index (χ0) is 38.1. The first kappa shape index (κ1) is 48.3. The molecule has 3 unspecified atom stereocenters. The molecule has 0 aromatic carbocycles. The van der Waals surface area contributed by atoms with Crippen molar-refractivity contribution in [2.45, 2.75) is 189 Å². The molecular formula is C44H84N2O6. The molecule has 0 aromatic rings. The van der Waals surface area contributed by atoms with Crippen LogP contribution in [0.2, 0.25) is 0 Å². The highest BCUT2D eigenvalue weighted by molar-refractivity contribution is 5.79. The number of rotatable bonds is 35. The molecule has 1 heterocycles. The van der Waals surface area contributed by atoms with Crippen LogP contribution < -0.4 is 0 Å². The lowest BCUT2D eigenvalue weighted by Gasteiger charge is -2.31. The van der Waals surface area contributed by atoms with Crippen LogP contribution in [0.5, 0.6) is 0 Å². The van der Waals surface area contributed by atoms with Gasteiger partial charge in [0.05, 0.1) is 38.1 Å². The Labute approximate surface area is 321 Å². The van der Waals surface area contributed by atoms with Crippen molar-refractivity contribution in [1.82, 2.24) is 9.80 Å². The Kier molecular flexibility index (Phi) is 31.5. The van der Waals surface area contributed by atoms with Crippen LogP contribution in [0.4, 0.5) is 0 Å². The van der Waals surface area contributed by atoms with Crippen LogP contribution in [0.1, 0.15) is 189 Å². The van der Waals surface area contributed by atoms with Gasteiger partial charge in [-0.05, 0) is 25.7 Å². The van der Waals surface area contributed by atoms with E-state index in [1.165, 1.54) is 89.9 Å². The Morgan fingerprint density at radius 1 is 0.558 bits per heavy atom. The zero-order valence-corrected chi connectivity index (χ0v) is 34.9. The molecule has 8 heteroatoms. The van der Waals surface area contributed by atoms with Crippen LogP contribution >= 0.6 is 0 Å². The third-order valence-electron chi connectivity index (χ3n) is 10.9. The third-order valence-corrected chi connectivity index (χ3v) is 10.9. The monoisotopic (exact) mass is 737 g/mol.